The molecule has 0 aromatic heterocycles. The van der Waals surface area contributed by atoms with Crippen LogP contribution >= 0.6 is 0 Å². The Morgan fingerprint density at radius 3 is 1.22 bits per heavy atom. The number of fused-ring (bicyclic) bond motifs is 2. The molecule has 338 valence electrons. The van der Waals surface area contributed by atoms with Crippen molar-refractivity contribution in [3.05, 3.63) is 202 Å². The van der Waals surface area contributed by atoms with Gasteiger partial charge in [-0.3, -0.25) is 0 Å². The molecule has 0 heterocycles. The number of phenols is 2. The van der Waals surface area contributed by atoms with Crippen LogP contribution in [-0.4, -0.2) is 61.2 Å². The smallest absolute Gasteiger partial charge is 0.341 e. The van der Waals surface area contributed by atoms with Crippen LogP contribution in [0, 0.1) is 0 Å². The predicted octanol–water partition coefficient (Wildman–Crippen LogP) is 10.6. The molecular formula is C54H42N4O10. The molecule has 8 aromatic rings. The third kappa shape index (κ3) is 11.1. The number of rotatable bonds is 17. The molecule has 0 saturated carbocycles. The molecule has 0 aliphatic rings. The van der Waals surface area contributed by atoms with Crippen LogP contribution in [0.15, 0.2) is 178 Å². The van der Waals surface area contributed by atoms with Crippen LogP contribution < -0.4 is 9.78 Å². The Bertz CT molecular complexity index is 3000. The van der Waals surface area contributed by atoms with Crippen LogP contribution in [0.25, 0.3) is 32.7 Å². The number of hydrogen-bond donors (Lipinski definition) is 2. The second-order valence-corrected chi connectivity index (χ2v) is 15.0. The van der Waals surface area contributed by atoms with E-state index in [1.54, 1.807) is 24.6 Å². The van der Waals surface area contributed by atoms with Crippen LogP contribution in [0.1, 0.15) is 54.1 Å². The average Bonchev–Trinajstić information content (AvgIpc) is 3.37. The van der Waals surface area contributed by atoms with Crippen molar-refractivity contribution in [2.24, 2.45) is 20.4 Å². The molecule has 68 heavy (non-hydrogen) atoms. The van der Waals surface area contributed by atoms with Gasteiger partial charge in [-0.1, -0.05) is 109 Å². The highest BCUT2D eigenvalue weighted by Crippen LogP contribution is 2.45. The van der Waals surface area contributed by atoms with Crippen molar-refractivity contribution in [3.63, 3.8) is 0 Å². The molecule has 2 N–H and O–H groups in total. The minimum absolute atomic E-state index is 0.0363. The summed E-state index contributed by atoms with van der Waals surface area (Å²) in [5.74, 6) is -0.705. The van der Waals surface area contributed by atoms with Crippen molar-refractivity contribution in [3.8, 4) is 34.1 Å². The minimum atomic E-state index is -0.651. The Labute approximate surface area is 390 Å². The monoisotopic (exact) mass is 906 g/mol. The van der Waals surface area contributed by atoms with Crippen LogP contribution in [0.2, 0.25) is 0 Å². The van der Waals surface area contributed by atoms with Gasteiger partial charge < -0.3 is 29.5 Å². The highest BCUT2D eigenvalue weighted by atomic mass is 17.2. The number of nitrogens with zero attached hydrogens (tertiary/aromatic N) is 4. The van der Waals surface area contributed by atoms with E-state index < -0.39 is 11.9 Å². The van der Waals surface area contributed by atoms with E-state index in [0.29, 0.717) is 22.6 Å². The van der Waals surface area contributed by atoms with E-state index in [1.807, 2.05) is 121 Å². The zero-order valence-electron chi connectivity index (χ0n) is 36.7. The van der Waals surface area contributed by atoms with Gasteiger partial charge in [0.15, 0.2) is 11.5 Å². The second-order valence-electron chi connectivity index (χ2n) is 15.0. The van der Waals surface area contributed by atoms with Gasteiger partial charge in [-0.25, -0.2) is 9.59 Å². The lowest BCUT2D eigenvalue weighted by atomic mass is 9.92. The molecule has 0 saturated heterocycles. The van der Waals surface area contributed by atoms with Gasteiger partial charge in [0.1, 0.15) is 35.8 Å². The Kier molecular flexibility index (Phi) is 14.6. The Hall–Kier alpha value is -8.98. The van der Waals surface area contributed by atoms with Crippen molar-refractivity contribution < 1.29 is 48.8 Å². The van der Waals surface area contributed by atoms with E-state index >= 15 is 0 Å². The summed E-state index contributed by atoms with van der Waals surface area (Å²) in [6, 6.07) is 47.8. The maximum absolute atomic E-state index is 11.9. The standard InChI is InChI=1S/C54H42N4O10/c1-63-53(61)45-27-39(19-23-47(45)59)31-57-55-29-35-11-15-37(16-12-35)33-65-67-49-25-21-41-7-3-5-9-43(41)51(49)52-44-10-6-4-8-42(44)22-26-50(52)68-66-34-38-17-13-36(14-18-38)30-56-58-32-40-20-24-48(60)46(28-40)54(62)64-2/h3-32,59-60H,33-34H2,1-2H3/b55-29+,56-30+,57-31+,58-32+. The molecule has 14 heteroatoms. The number of hydrogen-bond acceptors (Lipinski definition) is 14. The lowest BCUT2D eigenvalue weighted by Gasteiger charge is -2.18. The van der Waals surface area contributed by atoms with Crippen LogP contribution in [-0.2, 0) is 32.5 Å². The van der Waals surface area contributed by atoms with Gasteiger partial charge in [0.05, 0.1) is 39.1 Å². The summed E-state index contributed by atoms with van der Waals surface area (Å²) in [7, 11) is 2.49. The fourth-order valence-corrected chi connectivity index (χ4v) is 7.09. The number of carbonyl (C=O) groups excluding carboxylic acids is 2. The molecule has 0 unspecified atom stereocenters. The first kappa shape index (κ1) is 45.6. The Morgan fingerprint density at radius 2 is 0.824 bits per heavy atom. The third-order valence-corrected chi connectivity index (χ3v) is 10.6. The number of esters is 2. The maximum Gasteiger partial charge on any atom is 0.341 e. The highest BCUT2D eigenvalue weighted by molar-refractivity contribution is 6.09. The fraction of sp³-hybridized carbons (Fsp3) is 0.0741. The first-order valence-electron chi connectivity index (χ1n) is 21.0. The number of phenolic OH excluding ortho intramolecular Hbond substituents is 2. The fourth-order valence-electron chi connectivity index (χ4n) is 7.09. The molecule has 0 aliphatic heterocycles. The largest absolute Gasteiger partial charge is 0.507 e. The molecule has 14 nitrogen and oxygen atoms in total. The Balaban J connectivity index is 0.937. The van der Waals surface area contributed by atoms with Crippen LogP contribution in [0.5, 0.6) is 23.0 Å². The molecule has 0 atom stereocenters. The number of ether oxygens (including phenoxy) is 2. The number of methoxy groups -OCH3 is 2. The topological polar surface area (TPSA) is 179 Å². The molecule has 0 fully saturated rings. The summed E-state index contributed by atoms with van der Waals surface area (Å²) in [5, 5.41) is 40.1. The van der Waals surface area contributed by atoms with E-state index in [4.69, 9.17) is 29.0 Å². The summed E-state index contributed by atoms with van der Waals surface area (Å²) in [5.41, 5.74) is 6.04. The molecule has 8 aromatic carbocycles. The van der Waals surface area contributed by atoms with E-state index in [2.05, 4.69) is 20.4 Å². The molecule has 0 radical (unpaired) electrons. The lowest BCUT2D eigenvalue weighted by Crippen LogP contribution is -2.03. The van der Waals surface area contributed by atoms with Crippen molar-refractivity contribution in [1.29, 1.82) is 0 Å². The second kappa shape index (κ2) is 21.8. The van der Waals surface area contributed by atoms with Gasteiger partial charge in [0.2, 0.25) is 0 Å². The van der Waals surface area contributed by atoms with Gasteiger partial charge in [0, 0.05) is 11.1 Å². The number of aromatic hydroxyl groups is 2. The number of carbonyl (C=O) groups is 2. The van der Waals surface area contributed by atoms with Gasteiger partial charge in [-0.2, -0.15) is 30.2 Å². The summed E-state index contributed by atoms with van der Waals surface area (Å²) < 4.78 is 9.41. The Morgan fingerprint density at radius 1 is 0.456 bits per heavy atom. The van der Waals surface area contributed by atoms with E-state index in [-0.39, 0.29) is 35.8 Å². The van der Waals surface area contributed by atoms with Crippen molar-refractivity contribution in [2.75, 3.05) is 14.2 Å². The molecule has 0 amide bonds. The molecule has 0 aliphatic carbocycles. The summed E-state index contributed by atoms with van der Waals surface area (Å²) in [4.78, 5) is 47.8. The minimum Gasteiger partial charge on any atom is -0.507 e. The first-order chi connectivity index (χ1) is 33.3. The van der Waals surface area contributed by atoms with Gasteiger partial charge in [-0.05, 0) is 103 Å². The van der Waals surface area contributed by atoms with Gasteiger partial charge in [0.25, 0.3) is 0 Å². The zero-order valence-corrected chi connectivity index (χ0v) is 36.7. The summed E-state index contributed by atoms with van der Waals surface area (Å²) >= 11 is 0. The predicted molar refractivity (Wildman–Crippen MR) is 260 cm³/mol. The quantitative estimate of drug-likeness (QED) is 0.0386. The van der Waals surface area contributed by atoms with E-state index in [9.17, 15) is 19.8 Å². The van der Waals surface area contributed by atoms with Crippen molar-refractivity contribution in [2.45, 2.75) is 13.2 Å². The highest BCUT2D eigenvalue weighted by Gasteiger charge is 2.21. The van der Waals surface area contributed by atoms with Crippen molar-refractivity contribution >= 4 is 58.3 Å². The van der Waals surface area contributed by atoms with Crippen LogP contribution in [0.3, 0.4) is 0 Å². The average molecular weight is 907 g/mol. The molecular weight excluding hydrogens is 865 g/mol. The SMILES string of the molecule is COC(=O)c1cc(/C=N/N=C/c2ccc(COOc3ccc4ccccc4c3-c3c(OOCc4ccc(/C=N/N=C/c5ccc(O)c(C(=O)OC)c5)cc4)ccc4ccccc34)cc2)ccc1O. The lowest BCUT2D eigenvalue weighted by molar-refractivity contribution is -0.218. The van der Waals surface area contributed by atoms with Gasteiger partial charge in [-0.15, -0.1) is 0 Å². The third-order valence-electron chi connectivity index (χ3n) is 10.6. The summed E-state index contributed by atoms with van der Waals surface area (Å²) in [6.07, 6.45) is 6.12. The van der Waals surface area contributed by atoms with Crippen molar-refractivity contribution in [1.82, 2.24) is 0 Å². The zero-order chi connectivity index (χ0) is 47.2. The maximum atomic E-state index is 11.9. The molecule has 8 rings (SSSR count). The van der Waals surface area contributed by atoms with Crippen LogP contribution in [0.4, 0.5) is 0 Å². The normalized spacial score (nSPS) is 11.6. The summed E-state index contributed by atoms with van der Waals surface area (Å²) in [6.45, 7) is 0.286. The van der Waals surface area contributed by atoms with E-state index in [1.165, 1.54) is 50.9 Å². The van der Waals surface area contributed by atoms with Gasteiger partial charge >= 0.3 is 11.9 Å². The number of benzene rings is 8. The van der Waals surface area contributed by atoms with E-state index in [0.717, 1.165) is 54.9 Å². The first-order valence-corrected chi connectivity index (χ1v) is 21.0. The molecule has 0 bridgehead atoms. The molecule has 0 spiro atoms.